The molecular formula is C18H23N3O6S. The number of likely N-dealkylation sites (tertiary alicyclic amines) is 1. The number of hydrogen-bond acceptors (Lipinski definition) is 7. The Morgan fingerprint density at radius 3 is 2.86 bits per heavy atom. The van der Waals surface area contributed by atoms with E-state index in [1.807, 2.05) is 0 Å². The fourth-order valence-corrected chi connectivity index (χ4v) is 4.31. The Labute approximate surface area is 164 Å². The molecule has 2 atom stereocenters. The van der Waals surface area contributed by atoms with Gasteiger partial charge >= 0.3 is 6.09 Å². The van der Waals surface area contributed by atoms with Crippen molar-refractivity contribution in [3.63, 3.8) is 0 Å². The van der Waals surface area contributed by atoms with Crippen LogP contribution < -0.4 is 0 Å². The quantitative estimate of drug-likeness (QED) is 0.559. The number of ether oxygens (including phenoxy) is 1. The van der Waals surface area contributed by atoms with E-state index < -0.39 is 27.4 Å². The second kappa shape index (κ2) is 7.86. The number of amides is 1. The molecule has 1 aliphatic rings. The fourth-order valence-electron chi connectivity index (χ4n) is 3.09. The van der Waals surface area contributed by atoms with E-state index in [4.69, 9.17) is 9.15 Å². The summed E-state index contributed by atoms with van der Waals surface area (Å²) in [6.45, 7) is 5.97. The SMILES string of the molecule is CC(C)(C)OC(=O)N1CCCC[C@H]1C[S@@](=O)c1nc2cc([N+](=O)[O-])ccc2o1. The first-order valence-electron chi connectivity index (χ1n) is 9.07. The Bertz CT molecular complexity index is 920. The van der Waals surface area contributed by atoms with Crippen LogP contribution in [-0.2, 0) is 15.5 Å². The lowest BCUT2D eigenvalue weighted by molar-refractivity contribution is -0.384. The van der Waals surface area contributed by atoms with Gasteiger partial charge in [0, 0.05) is 24.7 Å². The molecule has 10 heteroatoms. The Hall–Kier alpha value is -2.49. The van der Waals surface area contributed by atoms with E-state index in [0.29, 0.717) is 12.1 Å². The van der Waals surface area contributed by atoms with Gasteiger partial charge in [-0.05, 0) is 46.1 Å². The number of carbonyl (C=O) groups excluding carboxylic acids is 1. The van der Waals surface area contributed by atoms with Crippen LogP contribution in [0.4, 0.5) is 10.5 Å². The largest absolute Gasteiger partial charge is 0.444 e. The van der Waals surface area contributed by atoms with Gasteiger partial charge in [-0.15, -0.1) is 0 Å². The zero-order valence-electron chi connectivity index (χ0n) is 16.0. The summed E-state index contributed by atoms with van der Waals surface area (Å²) < 4.78 is 23.8. The molecule has 1 aromatic heterocycles. The number of nitro groups is 1. The van der Waals surface area contributed by atoms with Gasteiger partial charge < -0.3 is 14.1 Å². The molecule has 1 aliphatic heterocycles. The summed E-state index contributed by atoms with van der Waals surface area (Å²) in [5.74, 6) is 0.175. The summed E-state index contributed by atoms with van der Waals surface area (Å²) in [6.07, 6.45) is 2.11. The topological polar surface area (TPSA) is 116 Å². The van der Waals surface area contributed by atoms with Crippen LogP contribution in [0.25, 0.3) is 11.1 Å². The predicted octanol–water partition coefficient (Wildman–Crippen LogP) is 3.63. The number of fused-ring (bicyclic) bond motifs is 1. The van der Waals surface area contributed by atoms with Crippen molar-refractivity contribution in [3.8, 4) is 0 Å². The molecule has 0 N–H and O–H groups in total. The maximum atomic E-state index is 12.8. The Morgan fingerprint density at radius 2 is 2.18 bits per heavy atom. The summed E-state index contributed by atoms with van der Waals surface area (Å²) in [7, 11) is -1.59. The molecule has 0 aliphatic carbocycles. The summed E-state index contributed by atoms with van der Waals surface area (Å²) in [5.41, 5.74) is -0.0962. The number of benzene rings is 1. The molecule has 0 bridgehead atoms. The van der Waals surface area contributed by atoms with Gasteiger partial charge in [0.15, 0.2) is 5.58 Å². The lowest BCUT2D eigenvalue weighted by Crippen LogP contribution is -2.48. The molecule has 2 aromatic rings. The Balaban J connectivity index is 1.75. The Morgan fingerprint density at radius 1 is 1.43 bits per heavy atom. The third kappa shape index (κ3) is 4.67. The molecule has 2 heterocycles. The van der Waals surface area contributed by atoms with E-state index in [-0.39, 0.29) is 28.2 Å². The third-order valence-corrected chi connectivity index (χ3v) is 5.61. The molecule has 152 valence electrons. The number of aromatic nitrogens is 1. The van der Waals surface area contributed by atoms with E-state index in [2.05, 4.69) is 4.98 Å². The van der Waals surface area contributed by atoms with Gasteiger partial charge in [-0.1, -0.05) is 0 Å². The van der Waals surface area contributed by atoms with Crippen molar-refractivity contribution in [2.75, 3.05) is 12.3 Å². The zero-order valence-corrected chi connectivity index (χ0v) is 16.9. The minimum absolute atomic E-state index is 0.00482. The van der Waals surface area contributed by atoms with Crippen LogP contribution in [0.3, 0.4) is 0 Å². The van der Waals surface area contributed by atoms with Crippen LogP contribution in [0, 0.1) is 10.1 Å². The lowest BCUT2D eigenvalue weighted by atomic mass is 10.0. The average Bonchev–Trinajstić information content (AvgIpc) is 3.04. The first-order chi connectivity index (χ1) is 13.1. The number of rotatable bonds is 4. The first kappa shape index (κ1) is 20.2. The highest BCUT2D eigenvalue weighted by atomic mass is 32.2. The van der Waals surface area contributed by atoms with E-state index >= 15 is 0 Å². The van der Waals surface area contributed by atoms with Gasteiger partial charge in [-0.2, -0.15) is 0 Å². The molecular weight excluding hydrogens is 386 g/mol. The molecule has 1 aromatic carbocycles. The zero-order chi connectivity index (χ0) is 20.5. The fraction of sp³-hybridized carbons (Fsp3) is 0.556. The molecule has 1 fully saturated rings. The summed E-state index contributed by atoms with van der Waals surface area (Å²) in [6, 6.07) is 3.79. The van der Waals surface area contributed by atoms with Crippen LogP contribution in [0.2, 0.25) is 0 Å². The van der Waals surface area contributed by atoms with E-state index in [0.717, 1.165) is 19.3 Å². The van der Waals surface area contributed by atoms with Gasteiger partial charge in [-0.25, -0.2) is 14.0 Å². The molecule has 28 heavy (non-hydrogen) atoms. The van der Waals surface area contributed by atoms with Gasteiger partial charge in [0.2, 0.25) is 0 Å². The van der Waals surface area contributed by atoms with Crippen molar-refractivity contribution in [1.29, 1.82) is 0 Å². The first-order valence-corrected chi connectivity index (χ1v) is 10.4. The highest BCUT2D eigenvalue weighted by Crippen LogP contribution is 2.25. The molecule has 1 saturated heterocycles. The van der Waals surface area contributed by atoms with Gasteiger partial charge in [0.25, 0.3) is 10.9 Å². The van der Waals surface area contributed by atoms with Gasteiger partial charge in [0.05, 0.1) is 10.7 Å². The van der Waals surface area contributed by atoms with Gasteiger partial charge in [0.1, 0.15) is 21.9 Å². The number of hydrogen-bond donors (Lipinski definition) is 0. The summed E-state index contributed by atoms with van der Waals surface area (Å²) in [5, 5.41) is 10.9. The predicted molar refractivity (Wildman–Crippen MR) is 103 cm³/mol. The third-order valence-electron chi connectivity index (χ3n) is 4.36. The number of non-ortho nitro benzene ring substituents is 1. The molecule has 3 rings (SSSR count). The number of nitro benzene ring substituents is 1. The maximum absolute atomic E-state index is 12.8. The molecule has 0 radical (unpaired) electrons. The minimum atomic E-state index is -1.59. The second-order valence-electron chi connectivity index (χ2n) is 7.72. The van der Waals surface area contributed by atoms with Gasteiger partial charge in [-0.3, -0.25) is 10.1 Å². The van der Waals surface area contributed by atoms with Crippen LogP contribution in [0.5, 0.6) is 0 Å². The van der Waals surface area contributed by atoms with E-state index in [9.17, 15) is 19.1 Å². The van der Waals surface area contributed by atoms with Crippen molar-refractivity contribution in [2.24, 2.45) is 0 Å². The molecule has 9 nitrogen and oxygen atoms in total. The highest BCUT2D eigenvalue weighted by Gasteiger charge is 2.32. The summed E-state index contributed by atoms with van der Waals surface area (Å²) >= 11 is 0. The number of piperidine rings is 1. The van der Waals surface area contributed by atoms with Crippen molar-refractivity contribution in [1.82, 2.24) is 9.88 Å². The van der Waals surface area contributed by atoms with E-state index in [1.165, 1.54) is 18.2 Å². The van der Waals surface area contributed by atoms with Crippen molar-refractivity contribution in [3.05, 3.63) is 28.3 Å². The smallest absolute Gasteiger partial charge is 0.410 e. The van der Waals surface area contributed by atoms with Crippen molar-refractivity contribution < 1.29 is 23.1 Å². The van der Waals surface area contributed by atoms with Crippen LogP contribution in [0.15, 0.2) is 27.8 Å². The summed E-state index contributed by atoms with van der Waals surface area (Å²) in [4.78, 5) is 28.6. The molecule has 0 saturated carbocycles. The number of oxazole rings is 1. The van der Waals surface area contributed by atoms with E-state index in [1.54, 1.807) is 25.7 Å². The average molecular weight is 409 g/mol. The highest BCUT2D eigenvalue weighted by molar-refractivity contribution is 7.84. The van der Waals surface area contributed by atoms with Crippen molar-refractivity contribution >= 4 is 33.7 Å². The normalized spacial score (nSPS) is 18.8. The molecule has 0 spiro atoms. The number of nitrogens with zero attached hydrogens (tertiary/aromatic N) is 3. The maximum Gasteiger partial charge on any atom is 0.410 e. The monoisotopic (exact) mass is 409 g/mol. The number of carbonyl (C=O) groups is 1. The lowest BCUT2D eigenvalue weighted by Gasteiger charge is -2.36. The van der Waals surface area contributed by atoms with Crippen LogP contribution >= 0.6 is 0 Å². The van der Waals surface area contributed by atoms with Crippen LogP contribution in [-0.4, -0.2) is 49.0 Å². The van der Waals surface area contributed by atoms with Crippen molar-refractivity contribution in [2.45, 2.75) is 56.9 Å². The minimum Gasteiger partial charge on any atom is -0.444 e. The molecule has 1 amide bonds. The van der Waals surface area contributed by atoms with Crippen LogP contribution in [0.1, 0.15) is 40.0 Å². The Kier molecular flexibility index (Phi) is 5.69. The standard InChI is InChI=1S/C18H23N3O6S/c1-18(2,3)27-17(22)20-9-5-4-6-13(20)11-28(25)16-19-14-10-12(21(23)24)7-8-15(14)26-16/h7-8,10,13H,4-6,9,11H2,1-3H3/t13-,28+/m0/s1. The molecule has 0 unspecified atom stereocenters. The second-order valence-corrected chi connectivity index (χ2v) is 9.10.